The molecule has 8 heteroatoms. The maximum Gasteiger partial charge on any atom is 0.225 e. The molecule has 4 rings (SSSR count). The molecule has 0 saturated heterocycles. The van der Waals surface area contributed by atoms with E-state index in [1.54, 1.807) is 16.2 Å². The van der Waals surface area contributed by atoms with Crippen molar-refractivity contribution >= 4 is 11.7 Å². The summed E-state index contributed by atoms with van der Waals surface area (Å²) in [5.74, 6) is 6.94. The van der Waals surface area contributed by atoms with Gasteiger partial charge in [0.1, 0.15) is 5.84 Å². The minimum absolute atomic E-state index is 0.0331. The molecule has 1 aliphatic carbocycles. The van der Waals surface area contributed by atoms with E-state index >= 15 is 0 Å². The van der Waals surface area contributed by atoms with Crippen LogP contribution in [0, 0.1) is 5.92 Å². The predicted molar refractivity (Wildman–Crippen MR) is 103 cm³/mol. The van der Waals surface area contributed by atoms with Crippen LogP contribution in [0.4, 0.5) is 0 Å². The number of hydrogen-bond donors (Lipinski definition) is 4. The Morgan fingerprint density at radius 3 is 2.89 bits per heavy atom. The van der Waals surface area contributed by atoms with E-state index in [9.17, 15) is 4.79 Å². The topological polar surface area (TPSA) is 112 Å². The van der Waals surface area contributed by atoms with Crippen molar-refractivity contribution in [3.05, 3.63) is 71.7 Å². The number of amidine groups is 1. The first-order chi connectivity index (χ1) is 13.1. The first-order valence-electron chi connectivity index (χ1n) is 8.96. The number of carbonyl (C=O) groups is 1. The van der Waals surface area contributed by atoms with Gasteiger partial charge in [-0.2, -0.15) is 5.43 Å². The predicted octanol–water partition coefficient (Wildman–Crippen LogP) is 0.645. The summed E-state index contributed by atoms with van der Waals surface area (Å²) in [7, 11) is 0. The minimum Gasteiger partial charge on any atom is -0.396 e. The lowest BCUT2D eigenvalue weighted by molar-refractivity contribution is -0.123. The molecule has 1 unspecified atom stereocenters. The van der Waals surface area contributed by atoms with Crippen LogP contribution in [0.1, 0.15) is 18.4 Å². The van der Waals surface area contributed by atoms with Gasteiger partial charge in [0, 0.05) is 12.1 Å². The fraction of sp³-hybridized carbons (Fsp3) is 0.263. The first kappa shape index (κ1) is 17.3. The fourth-order valence-corrected chi connectivity index (χ4v) is 2.99. The van der Waals surface area contributed by atoms with Crippen LogP contribution in [0.2, 0.25) is 0 Å². The Kier molecular flexibility index (Phi) is 4.66. The van der Waals surface area contributed by atoms with Gasteiger partial charge in [0.15, 0.2) is 6.29 Å². The molecule has 0 bridgehead atoms. The standard InChI is InChI=1S/C19H23N7O/c20-15(12-25(21)11-13-5-2-1-3-6-13)16-7-4-8-17-22-19(24-26(16)17)23-18(27)14-9-10-14/h1-8,12,14,19,24H,9-11,20-21H2,(H,23,27)/b15-12-. The van der Waals surface area contributed by atoms with Crippen LogP contribution in [-0.4, -0.2) is 28.1 Å². The zero-order chi connectivity index (χ0) is 18.8. The van der Waals surface area contributed by atoms with Gasteiger partial charge in [-0.3, -0.25) is 9.80 Å². The number of allylic oxidation sites excluding steroid dienone is 2. The number of nitrogens with zero attached hydrogens (tertiary/aromatic N) is 3. The van der Waals surface area contributed by atoms with E-state index in [2.05, 4.69) is 15.7 Å². The van der Waals surface area contributed by atoms with Gasteiger partial charge in [0.2, 0.25) is 5.91 Å². The van der Waals surface area contributed by atoms with Crippen molar-refractivity contribution < 1.29 is 4.79 Å². The maximum atomic E-state index is 12.0. The molecule has 1 saturated carbocycles. The smallest absolute Gasteiger partial charge is 0.225 e. The number of aliphatic imine (C=N–C) groups is 1. The fourth-order valence-electron chi connectivity index (χ4n) is 2.99. The average molecular weight is 365 g/mol. The summed E-state index contributed by atoms with van der Waals surface area (Å²) in [5, 5.41) is 6.20. The SMILES string of the molecule is N/C(=C\N(N)Cc1ccccc1)C1=CC=CC2=NC(NC(=O)C3CC3)NN12. The highest BCUT2D eigenvalue weighted by molar-refractivity contribution is 5.97. The lowest BCUT2D eigenvalue weighted by Crippen LogP contribution is -2.48. The summed E-state index contributed by atoms with van der Waals surface area (Å²) >= 11 is 0. The molecule has 1 fully saturated rings. The third-order valence-electron chi connectivity index (χ3n) is 4.52. The molecule has 140 valence electrons. The van der Waals surface area contributed by atoms with Crippen LogP contribution in [0.15, 0.2) is 71.1 Å². The second-order valence-electron chi connectivity index (χ2n) is 6.79. The van der Waals surface area contributed by atoms with Gasteiger partial charge in [0.05, 0.1) is 17.9 Å². The van der Waals surface area contributed by atoms with Crippen molar-refractivity contribution in [2.45, 2.75) is 25.7 Å². The second kappa shape index (κ2) is 7.26. The molecule has 1 aromatic rings. The van der Waals surface area contributed by atoms with Crippen molar-refractivity contribution in [3.63, 3.8) is 0 Å². The largest absolute Gasteiger partial charge is 0.396 e. The van der Waals surface area contributed by atoms with Gasteiger partial charge in [-0.05, 0) is 30.6 Å². The summed E-state index contributed by atoms with van der Waals surface area (Å²) in [6, 6.07) is 9.92. The molecule has 1 aromatic carbocycles. The van der Waals surface area contributed by atoms with Gasteiger partial charge in [-0.15, -0.1) is 0 Å². The molecular formula is C19H23N7O. The summed E-state index contributed by atoms with van der Waals surface area (Å²) in [4.78, 5) is 16.5. The highest BCUT2D eigenvalue weighted by atomic mass is 16.2. The van der Waals surface area contributed by atoms with Crippen LogP contribution in [0.3, 0.4) is 0 Å². The van der Waals surface area contributed by atoms with E-state index in [4.69, 9.17) is 11.6 Å². The van der Waals surface area contributed by atoms with E-state index < -0.39 is 6.29 Å². The van der Waals surface area contributed by atoms with Gasteiger partial charge in [0.25, 0.3) is 0 Å². The monoisotopic (exact) mass is 365 g/mol. The van der Waals surface area contributed by atoms with Crippen LogP contribution in [0.5, 0.6) is 0 Å². The maximum absolute atomic E-state index is 12.0. The van der Waals surface area contributed by atoms with Crippen molar-refractivity contribution in [2.75, 3.05) is 0 Å². The molecule has 6 N–H and O–H groups in total. The summed E-state index contributed by atoms with van der Waals surface area (Å²) in [6.07, 6.45) is 8.70. The zero-order valence-electron chi connectivity index (χ0n) is 14.9. The first-order valence-corrected chi connectivity index (χ1v) is 8.96. The molecule has 1 atom stereocenters. The molecule has 3 aliphatic rings. The normalized spacial score (nSPS) is 21.4. The molecule has 0 aromatic heterocycles. The van der Waals surface area contributed by atoms with Gasteiger partial charge >= 0.3 is 0 Å². The van der Waals surface area contributed by atoms with Crippen LogP contribution in [-0.2, 0) is 11.3 Å². The van der Waals surface area contributed by atoms with Gasteiger partial charge in [-0.25, -0.2) is 10.8 Å². The molecule has 27 heavy (non-hydrogen) atoms. The number of nitrogens with two attached hydrogens (primary N) is 2. The molecule has 2 aliphatic heterocycles. The number of benzene rings is 1. The Balaban J connectivity index is 1.42. The third kappa shape index (κ3) is 4.02. The number of fused-ring (bicyclic) bond motifs is 1. The highest BCUT2D eigenvalue weighted by Crippen LogP contribution is 2.29. The van der Waals surface area contributed by atoms with Crippen LogP contribution in [0.25, 0.3) is 0 Å². The van der Waals surface area contributed by atoms with Crippen LogP contribution < -0.4 is 22.3 Å². The molecular weight excluding hydrogens is 342 g/mol. The number of nitrogens with one attached hydrogen (secondary N) is 2. The minimum atomic E-state index is -0.495. The number of rotatable bonds is 6. The molecule has 1 amide bonds. The van der Waals surface area contributed by atoms with E-state index in [1.165, 1.54) is 0 Å². The Morgan fingerprint density at radius 1 is 1.37 bits per heavy atom. The van der Waals surface area contributed by atoms with E-state index in [-0.39, 0.29) is 11.8 Å². The van der Waals surface area contributed by atoms with E-state index in [0.29, 0.717) is 18.1 Å². The molecule has 8 nitrogen and oxygen atoms in total. The quantitative estimate of drug-likeness (QED) is 0.435. The van der Waals surface area contributed by atoms with Gasteiger partial charge < -0.3 is 16.1 Å². The van der Waals surface area contributed by atoms with Crippen molar-refractivity contribution in [1.82, 2.24) is 20.8 Å². The second-order valence-corrected chi connectivity index (χ2v) is 6.79. The summed E-state index contributed by atoms with van der Waals surface area (Å²) < 4.78 is 0. The Labute approximate surface area is 157 Å². The summed E-state index contributed by atoms with van der Waals surface area (Å²) in [6.45, 7) is 0.541. The Bertz CT molecular complexity index is 839. The number of carbonyl (C=O) groups excluding carboxylic acids is 1. The number of hydrazine groups is 2. The zero-order valence-corrected chi connectivity index (χ0v) is 14.9. The van der Waals surface area contributed by atoms with E-state index in [0.717, 1.165) is 24.1 Å². The molecule has 0 radical (unpaired) electrons. The lowest BCUT2D eigenvalue weighted by Gasteiger charge is -2.26. The van der Waals surface area contributed by atoms with Crippen LogP contribution >= 0.6 is 0 Å². The Hall–Kier alpha value is -3.10. The third-order valence-corrected chi connectivity index (χ3v) is 4.52. The molecule has 0 spiro atoms. The van der Waals surface area contributed by atoms with Crippen molar-refractivity contribution in [1.29, 1.82) is 0 Å². The van der Waals surface area contributed by atoms with Crippen molar-refractivity contribution in [2.24, 2.45) is 22.5 Å². The van der Waals surface area contributed by atoms with E-state index in [1.807, 2.05) is 48.6 Å². The number of hydrogen-bond acceptors (Lipinski definition) is 7. The molecule has 2 heterocycles. The Morgan fingerprint density at radius 2 is 2.15 bits per heavy atom. The van der Waals surface area contributed by atoms with Crippen molar-refractivity contribution in [3.8, 4) is 0 Å². The number of amides is 1. The highest BCUT2D eigenvalue weighted by Gasteiger charge is 2.34. The van der Waals surface area contributed by atoms with Gasteiger partial charge in [-0.1, -0.05) is 36.4 Å². The summed E-state index contributed by atoms with van der Waals surface area (Å²) in [5.41, 5.74) is 11.7. The average Bonchev–Trinajstić information content (AvgIpc) is 3.42. The lowest BCUT2D eigenvalue weighted by atomic mass is 10.2.